The van der Waals surface area contributed by atoms with E-state index in [-0.39, 0.29) is 0 Å². The predicted octanol–water partition coefficient (Wildman–Crippen LogP) is 13.9. The van der Waals surface area contributed by atoms with Crippen LogP contribution < -0.4 is 4.90 Å². The third-order valence-electron chi connectivity index (χ3n) is 9.42. The van der Waals surface area contributed by atoms with Crippen molar-refractivity contribution in [3.63, 3.8) is 0 Å². The number of para-hydroxylation sites is 1. The van der Waals surface area contributed by atoms with Crippen molar-refractivity contribution in [3.05, 3.63) is 164 Å². The Hall–Kier alpha value is -5.48. The second kappa shape index (κ2) is 10.5. The van der Waals surface area contributed by atoms with Crippen LogP contribution in [0.4, 0.5) is 17.1 Å². The van der Waals surface area contributed by atoms with E-state index in [9.17, 15) is 0 Å². The molecule has 0 saturated heterocycles. The maximum Gasteiger partial charge on any atom is 0.0468 e. The van der Waals surface area contributed by atoms with Gasteiger partial charge >= 0.3 is 0 Å². The van der Waals surface area contributed by atoms with E-state index in [0.717, 1.165) is 17.1 Å². The van der Waals surface area contributed by atoms with E-state index < -0.39 is 0 Å². The Morgan fingerprint density at radius 1 is 0.340 bits per heavy atom. The molecule has 0 aliphatic heterocycles. The third kappa shape index (κ3) is 4.28. The molecule has 0 bridgehead atoms. The molecule has 0 atom stereocenters. The first kappa shape index (κ1) is 26.7. The molecule has 47 heavy (non-hydrogen) atoms. The van der Waals surface area contributed by atoms with Crippen LogP contribution in [0.5, 0.6) is 0 Å². The zero-order valence-corrected chi connectivity index (χ0v) is 27.0. The monoisotopic (exact) mass is 633 g/mol. The Morgan fingerprint density at radius 2 is 0.979 bits per heavy atom. The number of rotatable bonds is 4. The summed E-state index contributed by atoms with van der Waals surface area (Å²) in [5.41, 5.74) is 5.88. The second-order valence-corrected chi connectivity index (χ2v) is 14.3. The summed E-state index contributed by atoms with van der Waals surface area (Å²) in [4.78, 5) is 2.38. The molecule has 220 valence electrons. The highest BCUT2D eigenvalue weighted by atomic mass is 32.1. The topological polar surface area (TPSA) is 3.24 Å². The Kier molecular flexibility index (Phi) is 5.98. The van der Waals surface area contributed by atoms with Crippen LogP contribution in [0.25, 0.3) is 73.0 Å². The van der Waals surface area contributed by atoms with E-state index in [1.54, 1.807) is 0 Å². The number of hydrogen-bond donors (Lipinski definition) is 0. The van der Waals surface area contributed by atoms with Crippen molar-refractivity contribution in [2.45, 2.75) is 0 Å². The minimum absolute atomic E-state index is 1.14. The molecule has 1 nitrogen and oxygen atoms in total. The van der Waals surface area contributed by atoms with Crippen LogP contribution in [-0.2, 0) is 0 Å². The molecule has 0 amide bonds. The number of benzene rings is 8. The van der Waals surface area contributed by atoms with Crippen LogP contribution in [0, 0.1) is 0 Å². The Labute approximate surface area is 280 Å². The van der Waals surface area contributed by atoms with E-state index in [1.807, 2.05) is 22.7 Å². The minimum Gasteiger partial charge on any atom is -0.310 e. The smallest absolute Gasteiger partial charge is 0.0468 e. The summed E-state index contributed by atoms with van der Waals surface area (Å²) in [6.45, 7) is 0. The highest BCUT2D eigenvalue weighted by molar-refractivity contribution is 7.29. The summed E-state index contributed by atoms with van der Waals surface area (Å²) in [5.74, 6) is 0. The van der Waals surface area contributed by atoms with Gasteiger partial charge in [0.2, 0.25) is 0 Å². The lowest BCUT2D eigenvalue weighted by molar-refractivity contribution is 1.29. The molecule has 0 saturated carbocycles. The van der Waals surface area contributed by atoms with Crippen LogP contribution in [0.2, 0.25) is 0 Å². The van der Waals surface area contributed by atoms with Gasteiger partial charge in [-0.1, -0.05) is 103 Å². The number of nitrogens with zero attached hydrogens (tertiary/aromatic N) is 1. The predicted molar refractivity (Wildman–Crippen MR) is 207 cm³/mol. The van der Waals surface area contributed by atoms with Gasteiger partial charge in [-0.25, -0.2) is 0 Å². The fourth-order valence-corrected chi connectivity index (χ4v) is 9.63. The lowest BCUT2D eigenvalue weighted by atomic mass is 10.0. The molecule has 3 heteroatoms. The first-order valence-electron chi connectivity index (χ1n) is 15.9. The van der Waals surface area contributed by atoms with Crippen LogP contribution in [-0.4, -0.2) is 0 Å². The molecule has 0 aliphatic carbocycles. The lowest BCUT2D eigenvalue weighted by Gasteiger charge is -2.26. The van der Waals surface area contributed by atoms with Crippen molar-refractivity contribution in [2.75, 3.05) is 4.90 Å². The first-order chi connectivity index (χ1) is 23.3. The SMILES string of the molecule is c1ccc(N(c2ccc(-c3ccc4ccccc4c3)cc2)c2ccc3sc4ccc5c(sc6ccc7ccccc7c65)c4c3c2)cc1. The Morgan fingerprint density at radius 3 is 1.85 bits per heavy atom. The highest BCUT2D eigenvalue weighted by Gasteiger charge is 2.18. The summed E-state index contributed by atoms with van der Waals surface area (Å²) in [5, 5.41) is 10.6. The molecule has 10 rings (SSSR count). The molecule has 2 aromatic heterocycles. The van der Waals surface area contributed by atoms with Crippen LogP contribution in [0.1, 0.15) is 0 Å². The maximum absolute atomic E-state index is 2.40. The van der Waals surface area contributed by atoms with Gasteiger partial charge in [0, 0.05) is 57.4 Å². The third-order valence-corrected chi connectivity index (χ3v) is 11.7. The fourth-order valence-electron chi connectivity index (χ4n) is 7.19. The van der Waals surface area contributed by atoms with Gasteiger partial charge in [0.15, 0.2) is 0 Å². The molecule has 0 unspecified atom stereocenters. The zero-order valence-electron chi connectivity index (χ0n) is 25.4. The number of fused-ring (bicyclic) bond motifs is 10. The summed E-state index contributed by atoms with van der Waals surface area (Å²) in [6.07, 6.45) is 0. The van der Waals surface area contributed by atoms with Crippen molar-refractivity contribution in [3.8, 4) is 11.1 Å². The van der Waals surface area contributed by atoms with E-state index in [2.05, 4.69) is 169 Å². The minimum atomic E-state index is 1.14. The van der Waals surface area contributed by atoms with Gasteiger partial charge in [-0.2, -0.15) is 0 Å². The Bertz CT molecular complexity index is 2790. The van der Waals surface area contributed by atoms with Gasteiger partial charge < -0.3 is 4.90 Å². The van der Waals surface area contributed by atoms with Crippen molar-refractivity contribution in [2.24, 2.45) is 0 Å². The number of thiophene rings is 2. The van der Waals surface area contributed by atoms with E-state index in [1.165, 1.54) is 73.0 Å². The second-order valence-electron chi connectivity index (χ2n) is 12.1. The summed E-state index contributed by atoms with van der Waals surface area (Å²) in [6, 6.07) is 60.0. The molecule has 0 radical (unpaired) electrons. The highest BCUT2D eigenvalue weighted by Crippen LogP contribution is 2.47. The van der Waals surface area contributed by atoms with Gasteiger partial charge in [-0.15, -0.1) is 22.7 Å². The molecular weight excluding hydrogens is 607 g/mol. The van der Waals surface area contributed by atoms with E-state index >= 15 is 0 Å². The normalized spacial score (nSPS) is 11.8. The quantitative estimate of drug-likeness (QED) is 0.186. The average Bonchev–Trinajstić information content (AvgIpc) is 3.71. The van der Waals surface area contributed by atoms with E-state index in [0.29, 0.717) is 0 Å². The van der Waals surface area contributed by atoms with Crippen LogP contribution in [0.15, 0.2) is 164 Å². The number of anilines is 3. The molecule has 2 heterocycles. The van der Waals surface area contributed by atoms with Gasteiger partial charge in [0.25, 0.3) is 0 Å². The van der Waals surface area contributed by atoms with Gasteiger partial charge in [-0.05, 0) is 93.3 Å². The zero-order chi connectivity index (χ0) is 30.9. The maximum atomic E-state index is 2.40. The molecule has 0 N–H and O–H groups in total. The van der Waals surface area contributed by atoms with Crippen molar-refractivity contribution < 1.29 is 0 Å². The average molecular weight is 634 g/mol. The summed E-state index contributed by atoms with van der Waals surface area (Å²) >= 11 is 3.82. The number of hydrogen-bond acceptors (Lipinski definition) is 3. The van der Waals surface area contributed by atoms with Crippen molar-refractivity contribution in [1.29, 1.82) is 0 Å². The summed E-state index contributed by atoms with van der Waals surface area (Å²) in [7, 11) is 0. The van der Waals surface area contributed by atoms with Gasteiger partial charge in [0.05, 0.1) is 0 Å². The lowest BCUT2D eigenvalue weighted by Crippen LogP contribution is -2.09. The Balaban J connectivity index is 1.14. The largest absolute Gasteiger partial charge is 0.310 e. The first-order valence-corrected chi connectivity index (χ1v) is 17.6. The standard InChI is InChI=1S/C44H27NS2/c1-2-11-33(12-3-1)45(34-19-16-29(17-20-34)32-15-14-28-8-4-5-10-31(28)26-32)35-21-24-39-38(27-35)43-41(46-39)25-22-37-42-36-13-7-6-9-30(36)18-23-40(42)47-44(37)43/h1-27H. The van der Waals surface area contributed by atoms with Gasteiger partial charge in [0.1, 0.15) is 0 Å². The van der Waals surface area contributed by atoms with Crippen molar-refractivity contribution >= 4 is 102 Å². The molecule has 0 aliphatic rings. The summed E-state index contributed by atoms with van der Waals surface area (Å²) < 4.78 is 5.38. The molecule has 0 fully saturated rings. The molecular formula is C44H27NS2. The van der Waals surface area contributed by atoms with Crippen LogP contribution >= 0.6 is 22.7 Å². The van der Waals surface area contributed by atoms with Crippen molar-refractivity contribution in [1.82, 2.24) is 0 Å². The molecule has 10 aromatic rings. The molecule has 8 aromatic carbocycles. The van der Waals surface area contributed by atoms with Gasteiger partial charge in [-0.3, -0.25) is 0 Å². The van der Waals surface area contributed by atoms with E-state index in [4.69, 9.17) is 0 Å². The molecule has 0 spiro atoms. The van der Waals surface area contributed by atoms with Crippen LogP contribution in [0.3, 0.4) is 0 Å². The fraction of sp³-hybridized carbons (Fsp3) is 0.